The fraction of sp³-hybridized carbons (Fsp3) is 0.105. The molecule has 136 valence electrons. The van der Waals surface area contributed by atoms with Crippen molar-refractivity contribution in [1.29, 1.82) is 0 Å². The Morgan fingerprint density at radius 3 is 1.44 bits per heavy atom. The molecule has 0 bridgehead atoms. The number of ketones is 1. The van der Waals surface area contributed by atoms with E-state index < -0.39 is 9.85 Å². The number of nitro groups is 2. The van der Waals surface area contributed by atoms with Crippen LogP contribution in [0.5, 0.6) is 0 Å². The highest BCUT2D eigenvalue weighted by molar-refractivity contribution is 7.99. The van der Waals surface area contributed by atoms with Gasteiger partial charge < -0.3 is 0 Å². The van der Waals surface area contributed by atoms with Crippen molar-refractivity contribution < 1.29 is 14.6 Å². The first kappa shape index (κ1) is 18.5. The Morgan fingerprint density at radius 2 is 1.11 bits per heavy atom. The summed E-state index contributed by atoms with van der Waals surface area (Å²) >= 11 is 1.60. The number of carbonyl (C=O) groups is 1. The van der Waals surface area contributed by atoms with Gasteiger partial charge in [0, 0.05) is 46.9 Å². The molecule has 0 radical (unpaired) electrons. The summed E-state index contributed by atoms with van der Waals surface area (Å²) in [5, 5.41) is 21.4. The fourth-order valence-electron chi connectivity index (χ4n) is 2.61. The molecule has 3 rings (SSSR count). The number of Topliss-reactive ketones (excluding diaryl/α,β-unsaturated/α-hetero) is 1. The molecule has 1 aliphatic rings. The third-order valence-electron chi connectivity index (χ3n) is 3.99. The Hall–Kier alpha value is -3.26. The van der Waals surface area contributed by atoms with Gasteiger partial charge in [0.25, 0.3) is 11.4 Å². The topological polar surface area (TPSA) is 103 Å². The van der Waals surface area contributed by atoms with E-state index in [2.05, 4.69) is 0 Å². The first-order valence-corrected chi connectivity index (χ1v) is 9.12. The molecule has 2 aromatic rings. The van der Waals surface area contributed by atoms with Crippen LogP contribution in [0.4, 0.5) is 11.4 Å². The number of thioether (sulfide) groups is 1. The van der Waals surface area contributed by atoms with Gasteiger partial charge >= 0.3 is 0 Å². The Bertz CT molecular complexity index is 885. The molecule has 0 spiro atoms. The van der Waals surface area contributed by atoms with Crippen LogP contribution in [-0.2, 0) is 4.79 Å². The molecule has 0 atom stereocenters. The van der Waals surface area contributed by atoms with Crippen LogP contribution in [0.2, 0.25) is 0 Å². The van der Waals surface area contributed by atoms with Gasteiger partial charge in [0.2, 0.25) is 0 Å². The quantitative estimate of drug-likeness (QED) is 0.444. The maximum atomic E-state index is 12.7. The predicted molar refractivity (Wildman–Crippen MR) is 104 cm³/mol. The van der Waals surface area contributed by atoms with E-state index >= 15 is 0 Å². The number of rotatable bonds is 4. The average Bonchev–Trinajstić information content (AvgIpc) is 2.66. The van der Waals surface area contributed by atoms with E-state index in [1.54, 1.807) is 48.2 Å². The third-order valence-corrected chi connectivity index (χ3v) is 5.02. The van der Waals surface area contributed by atoms with Gasteiger partial charge in [-0.25, -0.2) is 0 Å². The van der Waals surface area contributed by atoms with E-state index in [9.17, 15) is 25.0 Å². The van der Waals surface area contributed by atoms with E-state index in [1.165, 1.54) is 24.3 Å². The lowest BCUT2D eigenvalue weighted by atomic mass is 10.0. The van der Waals surface area contributed by atoms with Crippen molar-refractivity contribution in [1.82, 2.24) is 0 Å². The molecular weight excluding hydrogens is 368 g/mol. The van der Waals surface area contributed by atoms with Crippen LogP contribution < -0.4 is 0 Å². The Balaban J connectivity index is 1.82. The molecule has 0 saturated carbocycles. The second-order valence-corrected chi connectivity index (χ2v) is 6.84. The first-order valence-electron chi connectivity index (χ1n) is 7.96. The summed E-state index contributed by atoms with van der Waals surface area (Å²) in [4.78, 5) is 33.2. The number of non-ortho nitro benzene ring substituents is 2. The van der Waals surface area contributed by atoms with Crippen molar-refractivity contribution in [2.75, 3.05) is 11.5 Å². The van der Waals surface area contributed by atoms with Crippen LogP contribution in [0.15, 0.2) is 59.7 Å². The molecule has 2 aromatic carbocycles. The van der Waals surface area contributed by atoms with Gasteiger partial charge in [-0.3, -0.25) is 25.0 Å². The van der Waals surface area contributed by atoms with Crippen LogP contribution in [0, 0.1) is 20.2 Å². The van der Waals surface area contributed by atoms with Crippen molar-refractivity contribution in [2.24, 2.45) is 0 Å². The van der Waals surface area contributed by atoms with Gasteiger partial charge in [-0.05, 0) is 47.5 Å². The summed E-state index contributed by atoms with van der Waals surface area (Å²) in [7, 11) is 0. The molecular formula is C19H14N2O5S. The van der Waals surface area contributed by atoms with E-state index in [0.717, 1.165) is 11.1 Å². The molecule has 1 heterocycles. The maximum absolute atomic E-state index is 12.7. The molecule has 1 fully saturated rings. The Morgan fingerprint density at radius 1 is 0.741 bits per heavy atom. The van der Waals surface area contributed by atoms with Crippen LogP contribution in [0.1, 0.15) is 11.1 Å². The monoisotopic (exact) mass is 382 g/mol. The van der Waals surface area contributed by atoms with Gasteiger partial charge in [-0.2, -0.15) is 11.8 Å². The molecule has 27 heavy (non-hydrogen) atoms. The van der Waals surface area contributed by atoms with Gasteiger partial charge in [-0.1, -0.05) is 0 Å². The Kier molecular flexibility index (Phi) is 5.46. The lowest BCUT2D eigenvalue weighted by molar-refractivity contribution is -0.385. The zero-order chi connectivity index (χ0) is 19.4. The number of hydrogen-bond acceptors (Lipinski definition) is 6. The molecule has 0 aliphatic carbocycles. The molecule has 1 aliphatic heterocycles. The molecule has 0 aromatic heterocycles. The smallest absolute Gasteiger partial charge is 0.269 e. The molecule has 0 N–H and O–H groups in total. The summed E-state index contributed by atoms with van der Waals surface area (Å²) in [5.41, 5.74) is 2.68. The lowest BCUT2D eigenvalue weighted by Gasteiger charge is -2.16. The SMILES string of the molecule is O=C1/C(=C/c2ccc([N+](=O)[O-])cc2)CSC/C1=C\c1ccc([N+](=O)[O-])cc1. The summed E-state index contributed by atoms with van der Waals surface area (Å²) in [6, 6.07) is 12.0. The number of hydrogen-bond donors (Lipinski definition) is 0. The molecule has 8 heteroatoms. The molecule has 0 amide bonds. The van der Waals surface area contributed by atoms with E-state index in [-0.39, 0.29) is 17.2 Å². The highest BCUT2D eigenvalue weighted by Gasteiger charge is 2.21. The highest BCUT2D eigenvalue weighted by Crippen LogP contribution is 2.27. The zero-order valence-electron chi connectivity index (χ0n) is 14.0. The minimum absolute atomic E-state index is 0.000233. The standard InChI is InChI=1S/C19H14N2O5S/c22-19-15(9-13-1-5-17(6-2-13)20(23)24)11-27-12-16(19)10-14-3-7-18(8-4-14)21(25)26/h1-10H,11-12H2/b15-9+,16-10+. The number of nitrogens with zero attached hydrogens (tertiary/aromatic N) is 2. The van der Waals surface area contributed by atoms with Crippen molar-refractivity contribution in [3.05, 3.63) is 91.0 Å². The normalized spacial score (nSPS) is 17.3. The highest BCUT2D eigenvalue weighted by atomic mass is 32.2. The summed E-state index contributed by atoms with van der Waals surface area (Å²) in [5.74, 6) is 1.05. The third kappa shape index (κ3) is 4.48. The average molecular weight is 382 g/mol. The summed E-state index contributed by atoms with van der Waals surface area (Å²) < 4.78 is 0. The minimum atomic E-state index is -0.469. The lowest BCUT2D eigenvalue weighted by Crippen LogP contribution is -2.16. The molecule has 0 unspecified atom stereocenters. The fourth-order valence-corrected chi connectivity index (χ4v) is 3.58. The van der Waals surface area contributed by atoms with Crippen LogP contribution in [0.25, 0.3) is 12.2 Å². The van der Waals surface area contributed by atoms with Crippen LogP contribution >= 0.6 is 11.8 Å². The van der Waals surface area contributed by atoms with Crippen LogP contribution in [0.3, 0.4) is 0 Å². The summed E-state index contributed by atoms with van der Waals surface area (Å²) in [6.45, 7) is 0. The van der Waals surface area contributed by atoms with Crippen molar-refractivity contribution in [3.63, 3.8) is 0 Å². The zero-order valence-corrected chi connectivity index (χ0v) is 14.8. The summed E-state index contributed by atoms with van der Waals surface area (Å²) in [6.07, 6.45) is 3.48. The van der Waals surface area contributed by atoms with Crippen molar-refractivity contribution in [3.8, 4) is 0 Å². The van der Waals surface area contributed by atoms with E-state index in [1.807, 2.05) is 0 Å². The molecule has 1 saturated heterocycles. The van der Waals surface area contributed by atoms with Gasteiger partial charge in [0.15, 0.2) is 5.78 Å². The van der Waals surface area contributed by atoms with E-state index in [0.29, 0.717) is 22.7 Å². The predicted octanol–water partition coefficient (Wildman–Crippen LogP) is 4.29. The van der Waals surface area contributed by atoms with Crippen LogP contribution in [-0.4, -0.2) is 27.1 Å². The van der Waals surface area contributed by atoms with Crippen molar-refractivity contribution in [2.45, 2.75) is 0 Å². The number of carbonyl (C=O) groups excluding carboxylic acids is 1. The van der Waals surface area contributed by atoms with Gasteiger partial charge in [0.05, 0.1) is 9.85 Å². The van der Waals surface area contributed by atoms with E-state index in [4.69, 9.17) is 0 Å². The second-order valence-electron chi connectivity index (χ2n) is 5.86. The first-order chi connectivity index (χ1) is 12.9. The van der Waals surface area contributed by atoms with Gasteiger partial charge in [-0.15, -0.1) is 0 Å². The van der Waals surface area contributed by atoms with Crippen molar-refractivity contribution >= 4 is 41.1 Å². The maximum Gasteiger partial charge on any atom is 0.269 e. The minimum Gasteiger partial charge on any atom is -0.289 e. The van der Waals surface area contributed by atoms with Gasteiger partial charge in [0.1, 0.15) is 0 Å². The second kappa shape index (κ2) is 7.96. The number of nitro benzene ring substituents is 2. The number of benzene rings is 2. The Labute approximate surface area is 158 Å². The largest absolute Gasteiger partial charge is 0.289 e. The molecule has 7 nitrogen and oxygen atoms in total.